The van der Waals surface area contributed by atoms with Gasteiger partial charge in [0.05, 0.1) is 13.0 Å². The lowest BCUT2D eigenvalue weighted by atomic mass is 9.99. The Labute approximate surface area is 75.3 Å². The van der Waals surface area contributed by atoms with Gasteiger partial charge in [-0.3, -0.25) is 4.79 Å². The zero-order valence-corrected chi connectivity index (χ0v) is 7.00. The van der Waals surface area contributed by atoms with Crippen molar-refractivity contribution in [1.29, 1.82) is 0 Å². The Morgan fingerprint density at radius 2 is 2.00 bits per heavy atom. The number of carbonyl (C=O) groups excluding carboxylic acids is 1. The molecular formula is C10H9FO2. The van der Waals surface area contributed by atoms with E-state index in [1.807, 2.05) is 0 Å². The fourth-order valence-electron chi connectivity index (χ4n) is 1.46. The normalized spacial score (nSPS) is 21.6. The molecule has 1 aliphatic rings. The fraction of sp³-hybridized carbons (Fsp3) is 0.300. The molecule has 68 valence electrons. The molecule has 1 aromatic rings. The van der Waals surface area contributed by atoms with Crippen LogP contribution in [-0.2, 0) is 9.53 Å². The molecular weight excluding hydrogens is 171 g/mol. The average molecular weight is 180 g/mol. The van der Waals surface area contributed by atoms with Crippen molar-refractivity contribution in [2.45, 2.75) is 12.3 Å². The smallest absolute Gasteiger partial charge is 0.306 e. The van der Waals surface area contributed by atoms with Crippen LogP contribution in [0, 0.1) is 5.82 Å². The maximum absolute atomic E-state index is 12.6. The van der Waals surface area contributed by atoms with Gasteiger partial charge >= 0.3 is 5.97 Å². The highest BCUT2D eigenvalue weighted by Crippen LogP contribution is 2.25. The number of hydrogen-bond donors (Lipinski definition) is 0. The van der Waals surface area contributed by atoms with E-state index in [2.05, 4.69) is 0 Å². The molecule has 1 atom stereocenters. The Balaban J connectivity index is 2.17. The molecule has 0 spiro atoms. The molecule has 0 amide bonds. The van der Waals surface area contributed by atoms with E-state index in [0.29, 0.717) is 13.0 Å². The Bertz CT molecular complexity index is 318. The summed E-state index contributed by atoms with van der Waals surface area (Å²) in [6, 6.07) is 6.19. The highest BCUT2D eigenvalue weighted by atomic mass is 19.1. The minimum Gasteiger partial charge on any atom is -0.465 e. The molecule has 1 heterocycles. The second-order valence-electron chi connectivity index (χ2n) is 3.14. The van der Waals surface area contributed by atoms with E-state index < -0.39 is 0 Å². The highest BCUT2D eigenvalue weighted by molar-refractivity contribution is 5.72. The number of cyclic esters (lactones) is 1. The van der Waals surface area contributed by atoms with E-state index in [1.165, 1.54) is 12.1 Å². The second kappa shape index (κ2) is 3.17. The lowest BCUT2D eigenvalue weighted by Gasteiger charge is -2.04. The summed E-state index contributed by atoms with van der Waals surface area (Å²) in [7, 11) is 0. The van der Waals surface area contributed by atoms with Crippen molar-refractivity contribution in [2.24, 2.45) is 0 Å². The van der Waals surface area contributed by atoms with Crippen LogP contribution in [0.4, 0.5) is 4.39 Å². The van der Waals surface area contributed by atoms with Crippen LogP contribution in [0.3, 0.4) is 0 Å². The van der Waals surface area contributed by atoms with Crippen molar-refractivity contribution < 1.29 is 13.9 Å². The van der Waals surface area contributed by atoms with Gasteiger partial charge in [-0.1, -0.05) is 12.1 Å². The van der Waals surface area contributed by atoms with Crippen molar-refractivity contribution in [3.63, 3.8) is 0 Å². The van der Waals surface area contributed by atoms with Gasteiger partial charge in [-0.2, -0.15) is 0 Å². The summed E-state index contributed by atoms with van der Waals surface area (Å²) >= 11 is 0. The van der Waals surface area contributed by atoms with Crippen LogP contribution < -0.4 is 0 Å². The molecule has 1 fully saturated rings. The van der Waals surface area contributed by atoms with E-state index in [4.69, 9.17) is 4.74 Å². The summed E-state index contributed by atoms with van der Waals surface area (Å²) in [6.07, 6.45) is 0.408. The molecule has 0 aromatic heterocycles. The molecule has 0 saturated carbocycles. The van der Waals surface area contributed by atoms with E-state index in [9.17, 15) is 9.18 Å². The molecule has 1 aromatic carbocycles. The summed E-state index contributed by atoms with van der Waals surface area (Å²) in [4.78, 5) is 10.8. The zero-order valence-electron chi connectivity index (χ0n) is 7.00. The summed E-state index contributed by atoms with van der Waals surface area (Å²) < 4.78 is 17.4. The van der Waals surface area contributed by atoms with Gasteiger partial charge in [-0.25, -0.2) is 4.39 Å². The Hall–Kier alpha value is -1.38. The minimum atomic E-state index is -0.256. The predicted octanol–water partition coefficient (Wildman–Crippen LogP) is 1.86. The molecule has 1 unspecified atom stereocenters. The lowest BCUT2D eigenvalue weighted by molar-refractivity contribution is -0.137. The highest BCUT2D eigenvalue weighted by Gasteiger charge is 2.24. The molecule has 3 heteroatoms. The number of rotatable bonds is 1. The van der Waals surface area contributed by atoms with Gasteiger partial charge in [0.15, 0.2) is 0 Å². The first-order chi connectivity index (χ1) is 6.25. The summed E-state index contributed by atoms with van der Waals surface area (Å²) in [5, 5.41) is 0. The van der Waals surface area contributed by atoms with Crippen LogP contribution >= 0.6 is 0 Å². The third kappa shape index (κ3) is 1.69. The molecule has 1 aliphatic heterocycles. The summed E-state index contributed by atoms with van der Waals surface area (Å²) in [5.41, 5.74) is 0.965. The van der Waals surface area contributed by atoms with E-state index in [0.717, 1.165) is 5.56 Å². The van der Waals surface area contributed by atoms with Gasteiger partial charge in [-0.05, 0) is 17.7 Å². The maximum atomic E-state index is 12.6. The number of benzene rings is 1. The predicted molar refractivity (Wildman–Crippen MR) is 44.7 cm³/mol. The molecule has 0 N–H and O–H groups in total. The maximum Gasteiger partial charge on any atom is 0.306 e. The van der Waals surface area contributed by atoms with Gasteiger partial charge in [0.2, 0.25) is 0 Å². The molecule has 0 radical (unpaired) electrons. The number of halogens is 1. The first kappa shape index (κ1) is 8.23. The van der Waals surface area contributed by atoms with Crippen LogP contribution in [0.5, 0.6) is 0 Å². The van der Waals surface area contributed by atoms with Gasteiger partial charge < -0.3 is 4.74 Å². The molecule has 2 nitrogen and oxygen atoms in total. The molecule has 2 rings (SSSR count). The molecule has 1 saturated heterocycles. The Kier molecular flexibility index (Phi) is 2.00. The third-order valence-electron chi connectivity index (χ3n) is 2.20. The van der Waals surface area contributed by atoms with Crippen molar-refractivity contribution >= 4 is 5.97 Å². The third-order valence-corrected chi connectivity index (χ3v) is 2.20. The Morgan fingerprint density at radius 3 is 2.54 bits per heavy atom. The van der Waals surface area contributed by atoms with Gasteiger partial charge in [0, 0.05) is 5.92 Å². The largest absolute Gasteiger partial charge is 0.465 e. The van der Waals surface area contributed by atoms with Gasteiger partial charge in [0.1, 0.15) is 5.82 Å². The summed E-state index contributed by atoms with van der Waals surface area (Å²) in [5.74, 6) is -0.323. The van der Waals surface area contributed by atoms with E-state index >= 15 is 0 Å². The Morgan fingerprint density at radius 1 is 1.31 bits per heavy atom. The fourth-order valence-corrected chi connectivity index (χ4v) is 1.46. The summed E-state index contributed by atoms with van der Waals surface area (Å²) in [6.45, 7) is 0.421. The number of esters is 1. The number of hydrogen-bond acceptors (Lipinski definition) is 2. The topological polar surface area (TPSA) is 26.3 Å². The first-order valence-electron chi connectivity index (χ1n) is 4.17. The number of ether oxygens (including phenoxy) is 1. The van der Waals surface area contributed by atoms with Crippen LogP contribution in [0.25, 0.3) is 0 Å². The van der Waals surface area contributed by atoms with E-state index in [-0.39, 0.29) is 17.7 Å². The van der Waals surface area contributed by atoms with Crippen LogP contribution in [0.15, 0.2) is 24.3 Å². The van der Waals surface area contributed by atoms with E-state index in [1.54, 1.807) is 12.1 Å². The van der Waals surface area contributed by atoms with Crippen molar-refractivity contribution in [1.82, 2.24) is 0 Å². The zero-order chi connectivity index (χ0) is 9.26. The van der Waals surface area contributed by atoms with Gasteiger partial charge in [-0.15, -0.1) is 0 Å². The van der Waals surface area contributed by atoms with Crippen molar-refractivity contribution in [2.75, 3.05) is 6.61 Å². The average Bonchev–Trinajstić information content (AvgIpc) is 2.53. The standard InChI is InChI=1S/C10H9FO2/c11-9-3-1-7(2-4-9)8-5-10(12)13-6-8/h1-4,8H,5-6H2. The first-order valence-corrected chi connectivity index (χ1v) is 4.17. The number of carbonyl (C=O) groups is 1. The van der Waals surface area contributed by atoms with Crippen LogP contribution in [-0.4, -0.2) is 12.6 Å². The van der Waals surface area contributed by atoms with Gasteiger partial charge in [0.25, 0.3) is 0 Å². The van der Waals surface area contributed by atoms with Crippen molar-refractivity contribution in [3.05, 3.63) is 35.6 Å². The minimum absolute atomic E-state index is 0.105. The lowest BCUT2D eigenvalue weighted by Crippen LogP contribution is -1.96. The van der Waals surface area contributed by atoms with Crippen LogP contribution in [0.2, 0.25) is 0 Å². The second-order valence-corrected chi connectivity index (χ2v) is 3.14. The van der Waals surface area contributed by atoms with Crippen molar-refractivity contribution in [3.8, 4) is 0 Å². The van der Waals surface area contributed by atoms with Crippen LogP contribution in [0.1, 0.15) is 17.9 Å². The SMILES string of the molecule is O=C1CC(c2ccc(F)cc2)CO1. The molecule has 0 aliphatic carbocycles. The monoisotopic (exact) mass is 180 g/mol. The molecule has 0 bridgehead atoms. The quantitative estimate of drug-likeness (QED) is 0.616. The molecule has 13 heavy (non-hydrogen) atoms.